The van der Waals surface area contributed by atoms with Crippen molar-refractivity contribution >= 4 is 52.2 Å². The summed E-state index contributed by atoms with van der Waals surface area (Å²) in [6.45, 7) is 1.25. The van der Waals surface area contributed by atoms with Crippen LogP contribution in [-0.4, -0.2) is 30.8 Å². The molecule has 0 aromatic heterocycles. The number of hydrogen-bond acceptors (Lipinski definition) is 7. The zero-order chi connectivity index (χ0) is 21.0. The average molecular weight is 432 g/mol. The number of halogens is 1. The van der Waals surface area contributed by atoms with E-state index in [1.54, 1.807) is 36.4 Å². The van der Waals surface area contributed by atoms with Crippen molar-refractivity contribution in [2.75, 3.05) is 13.7 Å². The van der Waals surface area contributed by atoms with E-state index in [9.17, 15) is 14.7 Å². The van der Waals surface area contributed by atoms with E-state index >= 15 is 0 Å². The number of carboxylic acid groups (broad SMARTS) is 1. The van der Waals surface area contributed by atoms with Crippen molar-refractivity contribution in [2.45, 2.75) is 6.92 Å². The lowest BCUT2D eigenvalue weighted by atomic mass is 10.1. The molecule has 1 amide bonds. The number of carboxylic acids is 1. The van der Waals surface area contributed by atoms with Gasteiger partial charge in [0, 0.05) is 10.6 Å². The van der Waals surface area contributed by atoms with Crippen LogP contribution in [-0.2, 0) is 9.59 Å². The first-order chi connectivity index (χ1) is 13.9. The van der Waals surface area contributed by atoms with Gasteiger partial charge in [0.1, 0.15) is 6.61 Å². The molecule has 1 saturated heterocycles. The van der Waals surface area contributed by atoms with Crippen LogP contribution in [0.15, 0.2) is 46.3 Å². The molecule has 29 heavy (non-hydrogen) atoms. The van der Waals surface area contributed by atoms with Gasteiger partial charge in [-0.3, -0.25) is 4.79 Å². The molecule has 0 bridgehead atoms. The Hall–Kier alpha value is -2.97. The molecule has 1 aliphatic heterocycles. The molecular formula is C20H16ClN2O5S-. The summed E-state index contributed by atoms with van der Waals surface area (Å²) in [5, 5.41) is 14.4. The van der Waals surface area contributed by atoms with Crippen molar-refractivity contribution in [1.82, 2.24) is 5.32 Å². The standard InChI is InChI=1S/C20H17ClN2O5S/c1-11-6-7-13(9-14(11)21)22-20-23-19(26)16(29-20)8-12-4-3-5-15(27-2)18(12)28-10-17(24)25/h3-9H,10H2,1-2H3,(H,24,25)(H,22,23,26)/p-1/b16-8-. The predicted octanol–water partition coefficient (Wildman–Crippen LogP) is 2.68. The molecule has 7 nitrogen and oxygen atoms in total. The van der Waals surface area contributed by atoms with Crippen molar-refractivity contribution < 1.29 is 24.2 Å². The van der Waals surface area contributed by atoms with Crippen LogP contribution in [0.5, 0.6) is 11.5 Å². The number of rotatable bonds is 6. The Morgan fingerprint density at radius 1 is 1.34 bits per heavy atom. The second-order valence-electron chi connectivity index (χ2n) is 5.95. The second-order valence-corrected chi connectivity index (χ2v) is 7.39. The third-order valence-electron chi connectivity index (χ3n) is 3.89. The van der Waals surface area contributed by atoms with Gasteiger partial charge in [0.2, 0.25) is 0 Å². The summed E-state index contributed by atoms with van der Waals surface area (Å²) in [5.41, 5.74) is 2.04. The largest absolute Gasteiger partial charge is 0.546 e. The average Bonchev–Trinajstić information content (AvgIpc) is 3.02. The predicted molar refractivity (Wildman–Crippen MR) is 110 cm³/mol. The maximum Gasteiger partial charge on any atom is 0.264 e. The Morgan fingerprint density at radius 2 is 2.14 bits per heavy atom. The number of para-hydroxylation sites is 1. The van der Waals surface area contributed by atoms with E-state index < -0.39 is 12.6 Å². The number of thioether (sulfide) groups is 1. The molecule has 1 N–H and O–H groups in total. The molecule has 1 aliphatic rings. The molecule has 150 valence electrons. The Morgan fingerprint density at radius 3 is 2.83 bits per heavy atom. The van der Waals surface area contributed by atoms with E-state index in [0.29, 0.717) is 32.1 Å². The molecule has 9 heteroatoms. The van der Waals surface area contributed by atoms with Gasteiger partial charge in [-0.05, 0) is 48.5 Å². The number of ether oxygens (including phenoxy) is 2. The summed E-state index contributed by atoms with van der Waals surface area (Å²) in [7, 11) is 1.44. The van der Waals surface area contributed by atoms with Gasteiger partial charge in [-0.1, -0.05) is 29.8 Å². The molecule has 0 unspecified atom stereocenters. The Kier molecular flexibility index (Phi) is 6.46. The fourth-order valence-corrected chi connectivity index (χ4v) is 3.49. The number of methoxy groups -OCH3 is 1. The minimum atomic E-state index is -1.37. The number of amides is 1. The number of aryl methyl sites for hydroxylation is 1. The third-order valence-corrected chi connectivity index (χ3v) is 5.20. The minimum Gasteiger partial charge on any atom is -0.546 e. The molecule has 1 heterocycles. The number of aliphatic carboxylic acids is 1. The summed E-state index contributed by atoms with van der Waals surface area (Å²) in [4.78, 5) is 27.9. The van der Waals surface area contributed by atoms with Crippen LogP contribution in [0.3, 0.4) is 0 Å². The quantitative estimate of drug-likeness (QED) is 0.706. The van der Waals surface area contributed by atoms with E-state index in [0.717, 1.165) is 17.3 Å². The molecule has 0 radical (unpaired) electrons. The third kappa shape index (κ3) is 5.10. The van der Waals surface area contributed by atoms with E-state index in [2.05, 4.69) is 10.3 Å². The van der Waals surface area contributed by atoms with Crippen molar-refractivity contribution in [3.8, 4) is 11.5 Å². The summed E-state index contributed by atoms with van der Waals surface area (Å²) >= 11 is 7.26. The van der Waals surface area contributed by atoms with Gasteiger partial charge < -0.3 is 24.7 Å². The highest BCUT2D eigenvalue weighted by Gasteiger charge is 2.25. The van der Waals surface area contributed by atoms with Crippen LogP contribution in [0.25, 0.3) is 6.08 Å². The van der Waals surface area contributed by atoms with Gasteiger partial charge in [0.15, 0.2) is 16.7 Å². The van der Waals surface area contributed by atoms with E-state index in [-0.39, 0.29) is 11.7 Å². The normalized spacial score (nSPS) is 16.2. The number of aliphatic imine (C=N–C) groups is 1. The monoisotopic (exact) mass is 431 g/mol. The molecule has 2 aromatic carbocycles. The van der Waals surface area contributed by atoms with Crippen LogP contribution in [0.4, 0.5) is 5.69 Å². The van der Waals surface area contributed by atoms with Crippen molar-refractivity contribution in [2.24, 2.45) is 4.99 Å². The Bertz CT molecular complexity index is 1040. The number of amidine groups is 1. The summed E-state index contributed by atoms with van der Waals surface area (Å²) in [6.07, 6.45) is 1.58. The summed E-state index contributed by atoms with van der Waals surface area (Å²) in [6, 6.07) is 10.4. The van der Waals surface area contributed by atoms with Crippen molar-refractivity contribution in [1.29, 1.82) is 0 Å². The molecule has 0 aliphatic carbocycles. The summed E-state index contributed by atoms with van der Waals surface area (Å²) in [5.74, 6) is -1.16. The highest BCUT2D eigenvalue weighted by atomic mass is 35.5. The van der Waals surface area contributed by atoms with Gasteiger partial charge in [0.05, 0.1) is 23.7 Å². The van der Waals surface area contributed by atoms with E-state index in [1.807, 2.05) is 13.0 Å². The number of nitrogens with one attached hydrogen (secondary N) is 1. The maximum atomic E-state index is 12.3. The van der Waals surface area contributed by atoms with Crippen LogP contribution >= 0.6 is 23.4 Å². The molecule has 1 fully saturated rings. The van der Waals surface area contributed by atoms with Gasteiger partial charge in [-0.25, -0.2) is 4.99 Å². The minimum absolute atomic E-state index is 0.204. The number of hydrogen-bond donors (Lipinski definition) is 1. The molecule has 0 spiro atoms. The first-order valence-electron chi connectivity index (χ1n) is 8.42. The zero-order valence-corrected chi connectivity index (χ0v) is 17.1. The first kappa shape index (κ1) is 20.8. The van der Waals surface area contributed by atoms with Crippen LogP contribution in [0, 0.1) is 6.92 Å². The highest BCUT2D eigenvalue weighted by Crippen LogP contribution is 2.35. The van der Waals surface area contributed by atoms with Gasteiger partial charge >= 0.3 is 0 Å². The fourth-order valence-electron chi connectivity index (χ4n) is 2.48. The van der Waals surface area contributed by atoms with Crippen molar-refractivity contribution in [3.05, 3.63) is 57.5 Å². The lowest BCUT2D eigenvalue weighted by Crippen LogP contribution is -2.29. The number of carbonyl (C=O) groups excluding carboxylic acids is 2. The number of benzene rings is 2. The van der Waals surface area contributed by atoms with Gasteiger partial charge in [-0.2, -0.15) is 0 Å². The van der Waals surface area contributed by atoms with Crippen LogP contribution < -0.4 is 19.9 Å². The zero-order valence-electron chi connectivity index (χ0n) is 15.5. The maximum absolute atomic E-state index is 12.3. The Balaban J connectivity index is 1.89. The summed E-state index contributed by atoms with van der Waals surface area (Å²) < 4.78 is 10.5. The van der Waals surface area contributed by atoms with Crippen molar-refractivity contribution in [3.63, 3.8) is 0 Å². The highest BCUT2D eigenvalue weighted by molar-refractivity contribution is 8.18. The van der Waals surface area contributed by atoms with Crippen LogP contribution in [0.1, 0.15) is 11.1 Å². The second kappa shape index (κ2) is 9.02. The Labute approximate surface area is 176 Å². The van der Waals surface area contributed by atoms with E-state index in [4.69, 9.17) is 21.1 Å². The topological polar surface area (TPSA) is 100 Å². The SMILES string of the molecule is COc1cccc(/C=C2\SC(=Nc3ccc(C)c(Cl)c3)NC2=O)c1OCC(=O)[O-]. The lowest BCUT2D eigenvalue weighted by molar-refractivity contribution is -0.307. The smallest absolute Gasteiger partial charge is 0.264 e. The van der Waals surface area contributed by atoms with E-state index in [1.165, 1.54) is 7.11 Å². The molecular weight excluding hydrogens is 416 g/mol. The van der Waals surface area contributed by atoms with Crippen LogP contribution in [0.2, 0.25) is 5.02 Å². The number of carbonyl (C=O) groups is 2. The molecule has 0 atom stereocenters. The molecule has 2 aromatic rings. The van der Waals surface area contributed by atoms with Gasteiger partial charge in [-0.15, -0.1) is 0 Å². The van der Waals surface area contributed by atoms with Gasteiger partial charge in [0.25, 0.3) is 5.91 Å². The lowest BCUT2D eigenvalue weighted by Gasteiger charge is -2.13. The fraction of sp³-hybridized carbons (Fsp3) is 0.150. The molecule has 0 saturated carbocycles. The molecule has 3 rings (SSSR count). The first-order valence-corrected chi connectivity index (χ1v) is 9.62. The number of nitrogens with zero attached hydrogens (tertiary/aromatic N) is 1.